The molecule has 0 bridgehead atoms. The number of anilines is 2. The first kappa shape index (κ1) is 17.1. The van der Waals surface area contributed by atoms with E-state index in [1.165, 1.54) is 5.56 Å². The molecule has 0 spiro atoms. The van der Waals surface area contributed by atoms with Gasteiger partial charge in [0.25, 0.3) is 0 Å². The molecule has 0 fully saturated rings. The van der Waals surface area contributed by atoms with Crippen LogP contribution in [0.1, 0.15) is 38.7 Å². The fourth-order valence-electron chi connectivity index (χ4n) is 2.68. The summed E-state index contributed by atoms with van der Waals surface area (Å²) in [5.74, 6) is 1.79. The second-order valence-electron chi connectivity index (χ2n) is 6.35. The van der Waals surface area contributed by atoms with Crippen molar-refractivity contribution in [2.24, 2.45) is 0 Å². The van der Waals surface area contributed by atoms with Crippen LogP contribution in [0.4, 0.5) is 11.4 Å². The van der Waals surface area contributed by atoms with Crippen molar-refractivity contribution < 1.29 is 14.3 Å². The average Bonchev–Trinajstić information content (AvgIpc) is 3.09. The summed E-state index contributed by atoms with van der Waals surface area (Å²) in [6.45, 7) is 6.45. The highest BCUT2D eigenvalue weighted by atomic mass is 16.7. The topological polar surface area (TPSA) is 59.6 Å². The van der Waals surface area contributed by atoms with Gasteiger partial charge < -0.3 is 20.1 Å². The number of rotatable bonds is 6. The van der Waals surface area contributed by atoms with Crippen LogP contribution in [0.25, 0.3) is 0 Å². The molecule has 2 aromatic rings. The monoisotopic (exact) mass is 340 g/mol. The van der Waals surface area contributed by atoms with E-state index in [0.717, 1.165) is 12.1 Å². The van der Waals surface area contributed by atoms with Gasteiger partial charge in [0.15, 0.2) is 11.5 Å². The molecule has 3 rings (SSSR count). The fourth-order valence-corrected chi connectivity index (χ4v) is 2.68. The second-order valence-corrected chi connectivity index (χ2v) is 6.35. The molecule has 2 atom stereocenters. The molecule has 2 N–H and O–H groups in total. The molecular formula is C20H24N2O3. The summed E-state index contributed by atoms with van der Waals surface area (Å²) in [4.78, 5) is 12.4. The van der Waals surface area contributed by atoms with Crippen LogP contribution in [-0.4, -0.2) is 18.7 Å². The summed E-state index contributed by atoms with van der Waals surface area (Å²) in [5.41, 5.74) is 2.93. The second kappa shape index (κ2) is 7.47. The van der Waals surface area contributed by atoms with Gasteiger partial charge in [0.2, 0.25) is 12.7 Å². The fraction of sp³-hybridized carbons (Fsp3) is 0.350. The van der Waals surface area contributed by atoms with Crippen molar-refractivity contribution in [1.82, 2.24) is 0 Å². The molecule has 2 aromatic carbocycles. The van der Waals surface area contributed by atoms with Gasteiger partial charge in [-0.3, -0.25) is 4.79 Å². The molecule has 0 saturated carbocycles. The van der Waals surface area contributed by atoms with Crippen LogP contribution in [0.3, 0.4) is 0 Å². The van der Waals surface area contributed by atoms with E-state index in [0.29, 0.717) is 23.1 Å². The Labute approximate surface area is 148 Å². The van der Waals surface area contributed by atoms with E-state index >= 15 is 0 Å². The predicted molar refractivity (Wildman–Crippen MR) is 99.4 cm³/mol. The van der Waals surface area contributed by atoms with Crippen molar-refractivity contribution in [2.45, 2.75) is 39.2 Å². The molecule has 0 saturated heterocycles. The first-order valence-corrected chi connectivity index (χ1v) is 8.64. The molecule has 0 radical (unpaired) electrons. The van der Waals surface area contributed by atoms with Crippen molar-refractivity contribution in [1.29, 1.82) is 0 Å². The smallest absolute Gasteiger partial charge is 0.246 e. The Kier molecular flexibility index (Phi) is 5.12. The van der Waals surface area contributed by atoms with Crippen LogP contribution in [0, 0.1) is 0 Å². The molecule has 1 heterocycles. The SMILES string of the molecule is CC[C@@H](C)c1ccc(N[C@H](C)C(=O)Nc2ccc3c(c2)OCO3)cc1. The van der Waals surface area contributed by atoms with Gasteiger partial charge in [-0.25, -0.2) is 0 Å². The van der Waals surface area contributed by atoms with Crippen molar-refractivity contribution in [3.05, 3.63) is 48.0 Å². The Bertz CT molecular complexity index is 743. The van der Waals surface area contributed by atoms with Gasteiger partial charge in [0.05, 0.1) is 0 Å². The van der Waals surface area contributed by atoms with Crippen LogP contribution in [0.15, 0.2) is 42.5 Å². The highest BCUT2D eigenvalue weighted by Crippen LogP contribution is 2.34. The molecule has 1 amide bonds. The number of carbonyl (C=O) groups is 1. The lowest BCUT2D eigenvalue weighted by Crippen LogP contribution is -2.31. The Morgan fingerprint density at radius 2 is 1.72 bits per heavy atom. The van der Waals surface area contributed by atoms with E-state index in [9.17, 15) is 4.79 Å². The standard InChI is InChI=1S/C20H24N2O3/c1-4-13(2)15-5-7-16(8-6-15)21-14(3)20(23)22-17-9-10-18-19(11-17)25-12-24-18/h5-11,13-14,21H,4,12H2,1-3H3,(H,22,23)/t13-,14-/m1/s1. The van der Waals surface area contributed by atoms with Gasteiger partial charge in [-0.2, -0.15) is 0 Å². The van der Waals surface area contributed by atoms with Crippen molar-refractivity contribution in [3.63, 3.8) is 0 Å². The zero-order valence-electron chi connectivity index (χ0n) is 14.8. The summed E-state index contributed by atoms with van der Waals surface area (Å²) in [7, 11) is 0. The third-order valence-electron chi connectivity index (χ3n) is 4.51. The first-order chi connectivity index (χ1) is 12.1. The molecule has 132 valence electrons. The minimum absolute atomic E-state index is 0.107. The summed E-state index contributed by atoms with van der Waals surface area (Å²) in [6, 6.07) is 13.3. The first-order valence-electron chi connectivity index (χ1n) is 8.64. The van der Waals surface area contributed by atoms with Gasteiger partial charge in [-0.15, -0.1) is 0 Å². The molecule has 1 aliphatic heterocycles. The van der Waals surface area contributed by atoms with E-state index in [4.69, 9.17) is 9.47 Å². The number of nitrogens with one attached hydrogen (secondary N) is 2. The number of hydrogen-bond donors (Lipinski definition) is 2. The number of amides is 1. The van der Waals surface area contributed by atoms with Crippen LogP contribution >= 0.6 is 0 Å². The van der Waals surface area contributed by atoms with Gasteiger partial charge in [0, 0.05) is 17.4 Å². The van der Waals surface area contributed by atoms with Gasteiger partial charge >= 0.3 is 0 Å². The molecule has 5 heteroatoms. The van der Waals surface area contributed by atoms with Gasteiger partial charge in [-0.1, -0.05) is 26.0 Å². The van der Waals surface area contributed by atoms with Crippen LogP contribution < -0.4 is 20.1 Å². The Morgan fingerprint density at radius 3 is 2.44 bits per heavy atom. The van der Waals surface area contributed by atoms with Gasteiger partial charge in [0.1, 0.15) is 6.04 Å². The lowest BCUT2D eigenvalue weighted by atomic mass is 9.98. The minimum atomic E-state index is -0.361. The lowest BCUT2D eigenvalue weighted by Gasteiger charge is -2.16. The molecule has 25 heavy (non-hydrogen) atoms. The average molecular weight is 340 g/mol. The summed E-state index contributed by atoms with van der Waals surface area (Å²) >= 11 is 0. The maximum Gasteiger partial charge on any atom is 0.246 e. The number of hydrogen-bond acceptors (Lipinski definition) is 4. The normalized spacial score (nSPS) is 14.7. The van der Waals surface area contributed by atoms with Gasteiger partial charge in [-0.05, 0) is 49.1 Å². The Hall–Kier alpha value is -2.69. The Morgan fingerprint density at radius 1 is 1.04 bits per heavy atom. The zero-order valence-corrected chi connectivity index (χ0v) is 14.8. The van der Waals surface area contributed by atoms with E-state index in [2.05, 4.69) is 36.6 Å². The number of benzene rings is 2. The maximum absolute atomic E-state index is 12.4. The summed E-state index contributed by atoms with van der Waals surface area (Å²) in [6.07, 6.45) is 1.11. The molecule has 1 aliphatic rings. The highest BCUT2D eigenvalue weighted by Gasteiger charge is 2.17. The van der Waals surface area contributed by atoms with Crippen LogP contribution in [0.2, 0.25) is 0 Å². The van der Waals surface area contributed by atoms with Crippen LogP contribution in [0.5, 0.6) is 11.5 Å². The molecule has 0 aromatic heterocycles. The van der Waals surface area contributed by atoms with Crippen molar-refractivity contribution >= 4 is 17.3 Å². The van der Waals surface area contributed by atoms with E-state index in [1.54, 1.807) is 18.2 Å². The summed E-state index contributed by atoms with van der Waals surface area (Å²) < 4.78 is 10.6. The summed E-state index contributed by atoms with van der Waals surface area (Å²) in [5, 5.41) is 6.12. The quantitative estimate of drug-likeness (QED) is 0.820. The highest BCUT2D eigenvalue weighted by molar-refractivity contribution is 5.96. The van der Waals surface area contributed by atoms with E-state index < -0.39 is 0 Å². The molecule has 0 aliphatic carbocycles. The molecule has 5 nitrogen and oxygen atoms in total. The zero-order chi connectivity index (χ0) is 17.8. The lowest BCUT2D eigenvalue weighted by molar-refractivity contribution is -0.116. The van der Waals surface area contributed by atoms with E-state index in [-0.39, 0.29) is 18.7 Å². The Balaban J connectivity index is 1.59. The number of ether oxygens (including phenoxy) is 2. The van der Waals surface area contributed by atoms with Crippen molar-refractivity contribution in [2.75, 3.05) is 17.4 Å². The largest absolute Gasteiger partial charge is 0.454 e. The predicted octanol–water partition coefficient (Wildman–Crippen LogP) is 4.37. The van der Waals surface area contributed by atoms with Crippen LogP contribution in [-0.2, 0) is 4.79 Å². The number of fused-ring (bicyclic) bond motifs is 1. The molecular weight excluding hydrogens is 316 g/mol. The number of carbonyl (C=O) groups excluding carboxylic acids is 1. The maximum atomic E-state index is 12.4. The third-order valence-corrected chi connectivity index (χ3v) is 4.51. The minimum Gasteiger partial charge on any atom is -0.454 e. The molecule has 0 unspecified atom stereocenters. The third kappa shape index (κ3) is 4.05. The van der Waals surface area contributed by atoms with E-state index in [1.807, 2.05) is 19.1 Å². The van der Waals surface area contributed by atoms with Crippen molar-refractivity contribution in [3.8, 4) is 11.5 Å².